The summed E-state index contributed by atoms with van der Waals surface area (Å²) in [5, 5.41) is 12.7. The van der Waals surface area contributed by atoms with Gasteiger partial charge in [-0.3, -0.25) is 4.79 Å². The Balaban J connectivity index is 4.70. The fourth-order valence-electron chi connectivity index (χ4n) is 0.699. The van der Waals surface area contributed by atoms with Gasteiger partial charge in [-0.1, -0.05) is 0 Å². The molecule has 0 bridgehead atoms. The Bertz CT molecular complexity index is 239. The minimum atomic E-state index is -0.979. The van der Waals surface area contributed by atoms with Crippen LogP contribution in [0.4, 0.5) is 0 Å². The van der Waals surface area contributed by atoms with Gasteiger partial charge in [-0.2, -0.15) is 0 Å². The molecule has 0 heterocycles. The highest BCUT2D eigenvalue weighted by atomic mass is 16.3. The second-order valence-electron chi connectivity index (χ2n) is 5.73. The number of rotatable bonds is 4. The van der Waals surface area contributed by atoms with Crippen molar-refractivity contribution < 1.29 is 9.90 Å². The van der Waals surface area contributed by atoms with Crippen LogP contribution in [0.5, 0.6) is 0 Å². The SMILES string of the molecule is CC(C)(CN)C(=O)NC(C)(C)C(C)(C)O. The lowest BCUT2D eigenvalue weighted by atomic mass is 9.83. The highest BCUT2D eigenvalue weighted by molar-refractivity contribution is 5.82. The molecule has 0 aliphatic rings. The van der Waals surface area contributed by atoms with E-state index in [0.29, 0.717) is 0 Å². The summed E-state index contributed by atoms with van der Waals surface area (Å²) in [6.07, 6.45) is 0. The van der Waals surface area contributed by atoms with E-state index in [1.165, 1.54) is 0 Å². The molecule has 0 aromatic heterocycles. The average Bonchev–Trinajstić information content (AvgIpc) is 2.01. The molecule has 4 nitrogen and oxygen atoms in total. The number of aliphatic hydroxyl groups is 1. The van der Waals surface area contributed by atoms with Gasteiger partial charge in [-0.25, -0.2) is 0 Å². The van der Waals surface area contributed by atoms with E-state index in [4.69, 9.17) is 5.73 Å². The molecule has 0 radical (unpaired) electrons. The second-order valence-corrected chi connectivity index (χ2v) is 5.73. The van der Waals surface area contributed by atoms with Crippen LogP contribution in [-0.2, 0) is 4.79 Å². The lowest BCUT2D eigenvalue weighted by Crippen LogP contribution is -2.60. The maximum Gasteiger partial charge on any atom is 0.227 e. The van der Waals surface area contributed by atoms with Crippen LogP contribution in [0.15, 0.2) is 0 Å². The summed E-state index contributed by atoms with van der Waals surface area (Å²) >= 11 is 0. The molecule has 15 heavy (non-hydrogen) atoms. The molecule has 4 heteroatoms. The number of amides is 1. The van der Waals surface area contributed by atoms with Crippen molar-refractivity contribution in [3.8, 4) is 0 Å². The van der Waals surface area contributed by atoms with Gasteiger partial charge < -0.3 is 16.2 Å². The zero-order valence-electron chi connectivity index (χ0n) is 10.6. The predicted octanol–water partition coefficient (Wildman–Crippen LogP) is 0.637. The van der Waals surface area contributed by atoms with Gasteiger partial charge in [0.1, 0.15) is 0 Å². The molecular formula is C11H24N2O2. The molecule has 0 atom stereocenters. The molecule has 0 aliphatic heterocycles. The Morgan fingerprint density at radius 1 is 1.20 bits per heavy atom. The van der Waals surface area contributed by atoms with E-state index in [2.05, 4.69) is 5.32 Å². The zero-order valence-corrected chi connectivity index (χ0v) is 10.6. The predicted molar refractivity (Wildman–Crippen MR) is 61.4 cm³/mol. The summed E-state index contributed by atoms with van der Waals surface area (Å²) < 4.78 is 0. The van der Waals surface area contributed by atoms with E-state index in [-0.39, 0.29) is 12.5 Å². The summed E-state index contributed by atoms with van der Waals surface area (Å²) in [4.78, 5) is 11.9. The van der Waals surface area contributed by atoms with Crippen LogP contribution in [0.1, 0.15) is 41.5 Å². The van der Waals surface area contributed by atoms with E-state index in [1.54, 1.807) is 41.5 Å². The molecule has 1 amide bonds. The normalized spacial score (nSPS) is 13.9. The highest BCUT2D eigenvalue weighted by Gasteiger charge is 2.39. The Hall–Kier alpha value is -0.610. The van der Waals surface area contributed by atoms with Gasteiger partial charge >= 0.3 is 0 Å². The van der Waals surface area contributed by atoms with Crippen molar-refractivity contribution in [2.75, 3.05) is 6.54 Å². The largest absolute Gasteiger partial charge is 0.388 e. The average molecular weight is 216 g/mol. The molecule has 4 N–H and O–H groups in total. The number of hydrogen-bond acceptors (Lipinski definition) is 3. The van der Waals surface area contributed by atoms with E-state index in [9.17, 15) is 9.90 Å². The minimum absolute atomic E-state index is 0.142. The fraction of sp³-hybridized carbons (Fsp3) is 0.909. The van der Waals surface area contributed by atoms with Crippen LogP contribution in [0.2, 0.25) is 0 Å². The van der Waals surface area contributed by atoms with Crippen molar-refractivity contribution in [1.29, 1.82) is 0 Å². The van der Waals surface area contributed by atoms with Gasteiger partial charge in [0.25, 0.3) is 0 Å². The second kappa shape index (κ2) is 4.10. The van der Waals surface area contributed by atoms with E-state index in [1.807, 2.05) is 0 Å². The highest BCUT2D eigenvalue weighted by Crippen LogP contribution is 2.23. The van der Waals surface area contributed by atoms with Crippen molar-refractivity contribution in [3.63, 3.8) is 0 Å². The number of hydrogen-bond donors (Lipinski definition) is 3. The van der Waals surface area contributed by atoms with Crippen LogP contribution in [0.25, 0.3) is 0 Å². The van der Waals surface area contributed by atoms with Crippen LogP contribution in [0.3, 0.4) is 0 Å². The molecule has 0 saturated carbocycles. The van der Waals surface area contributed by atoms with Gasteiger partial charge in [0.15, 0.2) is 0 Å². The Labute approximate surface area is 92.2 Å². The first-order chi connectivity index (χ1) is 6.44. The van der Waals surface area contributed by atoms with Gasteiger partial charge in [-0.05, 0) is 41.5 Å². The summed E-state index contributed by atoms with van der Waals surface area (Å²) in [5.41, 5.74) is 3.24. The Kier molecular flexibility index (Phi) is 3.93. The Morgan fingerprint density at radius 2 is 1.60 bits per heavy atom. The smallest absolute Gasteiger partial charge is 0.227 e. The van der Waals surface area contributed by atoms with Crippen LogP contribution >= 0.6 is 0 Å². The molecule has 0 rings (SSSR count). The topological polar surface area (TPSA) is 75.4 Å². The molecule has 90 valence electrons. The van der Waals surface area contributed by atoms with E-state index >= 15 is 0 Å². The third-order valence-corrected chi connectivity index (χ3v) is 3.08. The molecule has 0 fully saturated rings. The quantitative estimate of drug-likeness (QED) is 0.645. The molecule has 0 aromatic carbocycles. The van der Waals surface area contributed by atoms with Gasteiger partial charge in [0.2, 0.25) is 5.91 Å². The minimum Gasteiger partial charge on any atom is -0.388 e. The zero-order chi connectivity index (χ0) is 12.5. The summed E-state index contributed by atoms with van der Waals surface area (Å²) in [6, 6.07) is 0. The molecule has 0 aromatic rings. The fourth-order valence-corrected chi connectivity index (χ4v) is 0.699. The molecule has 0 spiro atoms. The standard InChI is InChI=1S/C11H24N2O2/c1-9(2,7-12)8(14)13-10(3,4)11(5,6)15/h15H,7,12H2,1-6H3,(H,13,14). The van der Waals surface area contributed by atoms with Crippen LogP contribution in [-0.4, -0.2) is 28.7 Å². The molecular weight excluding hydrogens is 192 g/mol. The first kappa shape index (κ1) is 14.4. The van der Waals surface area contributed by atoms with Crippen molar-refractivity contribution >= 4 is 5.91 Å². The Morgan fingerprint density at radius 3 is 1.87 bits per heavy atom. The summed E-state index contributed by atoms with van der Waals surface area (Å²) in [6.45, 7) is 10.8. The van der Waals surface area contributed by atoms with Gasteiger partial charge in [0.05, 0.1) is 16.6 Å². The lowest BCUT2D eigenvalue weighted by molar-refractivity contribution is -0.134. The third kappa shape index (κ3) is 3.47. The summed E-state index contributed by atoms with van der Waals surface area (Å²) in [5.74, 6) is -0.142. The maximum atomic E-state index is 11.9. The van der Waals surface area contributed by atoms with Gasteiger partial charge in [0, 0.05) is 6.54 Å². The summed E-state index contributed by atoms with van der Waals surface area (Å²) in [7, 11) is 0. The van der Waals surface area contributed by atoms with Crippen molar-refractivity contribution in [1.82, 2.24) is 5.32 Å². The van der Waals surface area contributed by atoms with Crippen molar-refractivity contribution in [3.05, 3.63) is 0 Å². The monoisotopic (exact) mass is 216 g/mol. The number of nitrogens with one attached hydrogen (secondary N) is 1. The first-order valence-corrected chi connectivity index (χ1v) is 5.19. The van der Waals surface area contributed by atoms with Crippen LogP contribution < -0.4 is 11.1 Å². The molecule has 0 saturated heterocycles. The third-order valence-electron chi connectivity index (χ3n) is 3.08. The van der Waals surface area contributed by atoms with E-state index in [0.717, 1.165) is 0 Å². The lowest BCUT2D eigenvalue weighted by Gasteiger charge is -2.40. The number of carbonyl (C=O) groups excluding carboxylic acids is 1. The molecule has 0 aliphatic carbocycles. The number of carbonyl (C=O) groups is 1. The van der Waals surface area contributed by atoms with Crippen molar-refractivity contribution in [2.45, 2.75) is 52.7 Å². The van der Waals surface area contributed by atoms with E-state index < -0.39 is 16.6 Å². The maximum absolute atomic E-state index is 11.9. The van der Waals surface area contributed by atoms with Gasteiger partial charge in [-0.15, -0.1) is 0 Å². The van der Waals surface area contributed by atoms with Crippen molar-refractivity contribution in [2.24, 2.45) is 11.1 Å². The van der Waals surface area contributed by atoms with Crippen LogP contribution in [0, 0.1) is 5.41 Å². The molecule has 0 unspecified atom stereocenters. The first-order valence-electron chi connectivity index (χ1n) is 5.19. The number of nitrogens with two attached hydrogens (primary N) is 1.